The molecule has 0 aromatic carbocycles. The van der Waals surface area contributed by atoms with Crippen LogP contribution in [-0.4, -0.2) is 34.5 Å². The Balaban J connectivity index is 2.60. The first kappa shape index (κ1) is 10.0. The topological polar surface area (TPSA) is 57.6 Å². The summed E-state index contributed by atoms with van der Waals surface area (Å²) in [7, 11) is 0. The van der Waals surface area contributed by atoms with Crippen LogP contribution in [0.4, 0.5) is 4.79 Å². The van der Waals surface area contributed by atoms with E-state index in [1.54, 1.807) is 0 Å². The lowest BCUT2D eigenvalue weighted by Crippen LogP contribution is -2.45. The van der Waals surface area contributed by atoms with Crippen LogP contribution in [0, 0.1) is 0 Å². The molecule has 1 saturated heterocycles. The number of likely N-dealkylation sites (tertiary alicyclic amines) is 1. The molecule has 1 aliphatic heterocycles. The maximum Gasteiger partial charge on any atom is 0.407 e. The van der Waals surface area contributed by atoms with E-state index in [2.05, 4.69) is 0 Å². The van der Waals surface area contributed by atoms with Crippen LogP contribution < -0.4 is 0 Å². The van der Waals surface area contributed by atoms with E-state index in [-0.39, 0.29) is 11.8 Å². The quantitative estimate of drug-likeness (QED) is 0.709. The number of ketones is 1. The second kappa shape index (κ2) is 4.25. The van der Waals surface area contributed by atoms with E-state index in [1.165, 1.54) is 4.90 Å². The number of Topliss-reactive ketones (excluding diaryl/α,β-unsaturated/α-hetero) is 1. The van der Waals surface area contributed by atoms with Crippen LogP contribution in [0.15, 0.2) is 0 Å². The molecule has 13 heavy (non-hydrogen) atoms. The number of hydrogen-bond donors (Lipinski definition) is 1. The first-order chi connectivity index (χ1) is 6.15. The molecule has 1 unspecified atom stereocenters. The molecular weight excluding hydrogens is 170 g/mol. The number of carbonyl (C=O) groups is 2. The lowest BCUT2D eigenvalue weighted by Gasteiger charge is -2.32. The third kappa shape index (κ3) is 2.44. The summed E-state index contributed by atoms with van der Waals surface area (Å²) in [4.78, 5) is 23.3. The number of hydrogen-bond acceptors (Lipinski definition) is 2. The average molecular weight is 185 g/mol. The van der Waals surface area contributed by atoms with Gasteiger partial charge in [-0.3, -0.25) is 4.79 Å². The van der Waals surface area contributed by atoms with Gasteiger partial charge in [-0.15, -0.1) is 0 Å². The van der Waals surface area contributed by atoms with Crippen LogP contribution in [0.5, 0.6) is 0 Å². The number of rotatable bonds is 2. The second-order valence-electron chi connectivity index (χ2n) is 3.41. The molecule has 0 aromatic heterocycles. The molecule has 1 fully saturated rings. The van der Waals surface area contributed by atoms with Crippen LogP contribution in [0.3, 0.4) is 0 Å². The third-order valence-corrected chi connectivity index (χ3v) is 2.40. The SMILES string of the molecule is CCCC1CC(=O)CCN1C(=O)O. The molecule has 1 atom stereocenters. The van der Waals surface area contributed by atoms with E-state index >= 15 is 0 Å². The first-order valence-electron chi connectivity index (χ1n) is 4.66. The zero-order chi connectivity index (χ0) is 9.84. The van der Waals surface area contributed by atoms with Crippen molar-refractivity contribution in [3.8, 4) is 0 Å². The molecule has 0 saturated carbocycles. The predicted molar refractivity (Wildman–Crippen MR) is 47.7 cm³/mol. The number of nitrogens with zero attached hydrogens (tertiary/aromatic N) is 1. The van der Waals surface area contributed by atoms with Crippen LogP contribution in [0.25, 0.3) is 0 Å². The summed E-state index contributed by atoms with van der Waals surface area (Å²) in [6, 6.07) is -0.0799. The summed E-state index contributed by atoms with van der Waals surface area (Å²) in [6.45, 7) is 2.37. The molecule has 1 amide bonds. The minimum Gasteiger partial charge on any atom is -0.465 e. The van der Waals surface area contributed by atoms with Crippen LogP contribution in [0.1, 0.15) is 32.6 Å². The minimum atomic E-state index is -0.897. The standard InChI is InChI=1S/C9H15NO3/c1-2-3-7-6-8(11)4-5-10(7)9(12)13/h7H,2-6H2,1H3,(H,12,13). The van der Waals surface area contributed by atoms with Crippen LogP contribution in [0.2, 0.25) is 0 Å². The molecule has 1 rings (SSSR count). The molecule has 0 aromatic rings. The van der Waals surface area contributed by atoms with Gasteiger partial charge >= 0.3 is 6.09 Å². The Labute approximate surface area is 77.5 Å². The van der Waals surface area contributed by atoms with Crippen molar-refractivity contribution in [3.63, 3.8) is 0 Å². The Morgan fingerprint density at radius 2 is 2.38 bits per heavy atom. The molecule has 0 radical (unpaired) electrons. The Morgan fingerprint density at radius 3 is 2.92 bits per heavy atom. The predicted octanol–water partition coefficient (Wildman–Crippen LogP) is 1.50. The maximum absolute atomic E-state index is 11.1. The summed E-state index contributed by atoms with van der Waals surface area (Å²) < 4.78 is 0. The third-order valence-electron chi connectivity index (χ3n) is 2.40. The van der Waals surface area contributed by atoms with Crippen molar-refractivity contribution < 1.29 is 14.7 Å². The van der Waals surface area contributed by atoms with E-state index in [0.29, 0.717) is 19.4 Å². The lowest BCUT2D eigenvalue weighted by molar-refractivity contribution is -0.122. The minimum absolute atomic E-state index is 0.0799. The van der Waals surface area contributed by atoms with Gasteiger partial charge in [0.1, 0.15) is 5.78 Å². The normalized spacial score (nSPS) is 23.3. The van der Waals surface area contributed by atoms with Crippen molar-refractivity contribution >= 4 is 11.9 Å². The fourth-order valence-electron chi connectivity index (χ4n) is 1.75. The van der Waals surface area contributed by atoms with Gasteiger partial charge in [0.25, 0.3) is 0 Å². The van der Waals surface area contributed by atoms with Crippen molar-refractivity contribution in [2.75, 3.05) is 6.54 Å². The molecule has 4 heteroatoms. The van der Waals surface area contributed by atoms with Gasteiger partial charge in [0.15, 0.2) is 0 Å². The lowest BCUT2D eigenvalue weighted by atomic mass is 9.98. The number of carboxylic acid groups (broad SMARTS) is 1. The molecular formula is C9H15NO3. The highest BCUT2D eigenvalue weighted by atomic mass is 16.4. The van der Waals surface area contributed by atoms with Gasteiger partial charge in [0.05, 0.1) is 0 Å². The molecule has 1 aliphatic rings. The molecule has 4 nitrogen and oxygen atoms in total. The average Bonchev–Trinajstić information content (AvgIpc) is 2.04. The van der Waals surface area contributed by atoms with Gasteiger partial charge in [-0.25, -0.2) is 4.79 Å². The molecule has 0 bridgehead atoms. The van der Waals surface area contributed by atoms with Gasteiger partial charge in [-0.05, 0) is 6.42 Å². The van der Waals surface area contributed by atoms with E-state index in [9.17, 15) is 9.59 Å². The van der Waals surface area contributed by atoms with E-state index in [0.717, 1.165) is 12.8 Å². The smallest absolute Gasteiger partial charge is 0.407 e. The largest absolute Gasteiger partial charge is 0.465 e. The highest BCUT2D eigenvalue weighted by Gasteiger charge is 2.29. The summed E-state index contributed by atoms with van der Waals surface area (Å²) in [5.41, 5.74) is 0. The van der Waals surface area contributed by atoms with Crippen LogP contribution >= 0.6 is 0 Å². The Hall–Kier alpha value is -1.06. The van der Waals surface area contributed by atoms with Crippen molar-refractivity contribution in [2.24, 2.45) is 0 Å². The van der Waals surface area contributed by atoms with Gasteiger partial charge < -0.3 is 10.0 Å². The van der Waals surface area contributed by atoms with E-state index < -0.39 is 6.09 Å². The second-order valence-corrected chi connectivity index (χ2v) is 3.41. The summed E-state index contributed by atoms with van der Waals surface area (Å²) in [6.07, 6.45) is 1.60. The number of amides is 1. The number of piperidine rings is 1. The summed E-state index contributed by atoms with van der Waals surface area (Å²) in [5.74, 6) is 0.191. The summed E-state index contributed by atoms with van der Waals surface area (Å²) >= 11 is 0. The molecule has 0 aliphatic carbocycles. The van der Waals surface area contributed by atoms with Gasteiger partial charge in [-0.2, -0.15) is 0 Å². The van der Waals surface area contributed by atoms with Crippen molar-refractivity contribution in [3.05, 3.63) is 0 Å². The van der Waals surface area contributed by atoms with Gasteiger partial charge in [-0.1, -0.05) is 13.3 Å². The Morgan fingerprint density at radius 1 is 1.69 bits per heavy atom. The Kier molecular flexibility index (Phi) is 3.28. The maximum atomic E-state index is 11.1. The van der Waals surface area contributed by atoms with Crippen LogP contribution in [-0.2, 0) is 4.79 Å². The molecule has 74 valence electrons. The highest BCUT2D eigenvalue weighted by molar-refractivity contribution is 5.82. The molecule has 1 heterocycles. The monoisotopic (exact) mass is 185 g/mol. The fourth-order valence-corrected chi connectivity index (χ4v) is 1.75. The van der Waals surface area contributed by atoms with Gasteiger partial charge in [0.2, 0.25) is 0 Å². The first-order valence-corrected chi connectivity index (χ1v) is 4.66. The van der Waals surface area contributed by atoms with E-state index in [4.69, 9.17) is 5.11 Å². The Bertz CT molecular complexity index is 215. The zero-order valence-corrected chi connectivity index (χ0v) is 7.82. The van der Waals surface area contributed by atoms with Crippen molar-refractivity contribution in [2.45, 2.75) is 38.6 Å². The molecule has 1 N–H and O–H groups in total. The van der Waals surface area contributed by atoms with E-state index in [1.807, 2.05) is 6.92 Å². The molecule has 0 spiro atoms. The fraction of sp³-hybridized carbons (Fsp3) is 0.778. The number of carbonyl (C=O) groups excluding carboxylic acids is 1. The zero-order valence-electron chi connectivity index (χ0n) is 7.82. The summed E-state index contributed by atoms with van der Waals surface area (Å²) in [5, 5.41) is 8.84. The van der Waals surface area contributed by atoms with Crippen molar-refractivity contribution in [1.29, 1.82) is 0 Å². The van der Waals surface area contributed by atoms with Gasteiger partial charge in [0, 0.05) is 25.4 Å². The highest BCUT2D eigenvalue weighted by Crippen LogP contribution is 2.18. The van der Waals surface area contributed by atoms with Crippen molar-refractivity contribution in [1.82, 2.24) is 4.90 Å².